The fourth-order valence-electron chi connectivity index (χ4n) is 2.28. The molecule has 2 aliphatic rings. The van der Waals surface area contributed by atoms with Crippen LogP contribution in [0.3, 0.4) is 0 Å². The third-order valence-electron chi connectivity index (χ3n) is 3.61. The van der Waals surface area contributed by atoms with Gasteiger partial charge in [-0.1, -0.05) is 13.3 Å². The first-order valence-corrected chi connectivity index (χ1v) is 3.91. The molecule has 2 unspecified atom stereocenters. The Balaban J connectivity index is 2.26. The molecule has 0 radical (unpaired) electrons. The maximum atomic E-state index is 3.52. The monoisotopic (exact) mass is 125 g/mol. The van der Waals surface area contributed by atoms with Gasteiger partial charge in [-0.05, 0) is 25.2 Å². The molecule has 52 valence electrons. The zero-order valence-corrected chi connectivity index (χ0v) is 6.33. The van der Waals surface area contributed by atoms with E-state index in [4.69, 9.17) is 0 Å². The minimum atomic E-state index is 0.521. The Morgan fingerprint density at radius 3 is 2.22 bits per heavy atom. The maximum absolute atomic E-state index is 3.52. The highest BCUT2D eigenvalue weighted by molar-refractivity contribution is 5.12. The highest BCUT2D eigenvalue weighted by Crippen LogP contribution is 2.51. The molecule has 9 heavy (non-hydrogen) atoms. The van der Waals surface area contributed by atoms with Gasteiger partial charge in [-0.2, -0.15) is 0 Å². The number of nitrogens with one attached hydrogen (secondary N) is 1. The van der Waals surface area contributed by atoms with E-state index in [0.29, 0.717) is 11.0 Å². The van der Waals surface area contributed by atoms with Crippen molar-refractivity contribution in [3.05, 3.63) is 0 Å². The van der Waals surface area contributed by atoms with Gasteiger partial charge in [-0.25, -0.2) is 0 Å². The molecule has 2 fully saturated rings. The van der Waals surface area contributed by atoms with Crippen LogP contribution in [0.1, 0.15) is 33.1 Å². The summed E-state index contributed by atoms with van der Waals surface area (Å²) in [6.07, 6.45) is 4.26. The molecule has 0 aromatic carbocycles. The van der Waals surface area contributed by atoms with Crippen molar-refractivity contribution < 1.29 is 0 Å². The lowest BCUT2D eigenvalue weighted by Crippen LogP contribution is -2.66. The Bertz CT molecular complexity index is 128. The van der Waals surface area contributed by atoms with Gasteiger partial charge in [-0.15, -0.1) is 0 Å². The lowest BCUT2D eigenvalue weighted by Gasteiger charge is -2.53. The molecule has 0 spiro atoms. The standard InChI is InChI=1S/C8H15N/c1-7-4-3-5-8(7,2)9-6-7/h9H,3-6H2,1-2H3. The second-order valence-corrected chi connectivity index (χ2v) is 4.10. The molecular formula is C8H15N. The van der Waals surface area contributed by atoms with E-state index in [9.17, 15) is 0 Å². The van der Waals surface area contributed by atoms with Crippen LogP contribution in [0.5, 0.6) is 0 Å². The summed E-state index contributed by atoms with van der Waals surface area (Å²) >= 11 is 0. The molecule has 1 aliphatic heterocycles. The van der Waals surface area contributed by atoms with Crippen LogP contribution < -0.4 is 5.32 Å². The van der Waals surface area contributed by atoms with Crippen molar-refractivity contribution in [1.82, 2.24) is 5.32 Å². The Labute approximate surface area is 56.8 Å². The summed E-state index contributed by atoms with van der Waals surface area (Å²) in [6.45, 7) is 6.03. The summed E-state index contributed by atoms with van der Waals surface area (Å²) in [5.74, 6) is 0. The topological polar surface area (TPSA) is 12.0 Å². The van der Waals surface area contributed by atoms with E-state index in [1.165, 1.54) is 25.8 Å². The van der Waals surface area contributed by atoms with E-state index in [-0.39, 0.29) is 0 Å². The van der Waals surface area contributed by atoms with Gasteiger partial charge in [0.1, 0.15) is 0 Å². The molecule has 2 rings (SSSR count). The van der Waals surface area contributed by atoms with Crippen LogP contribution in [-0.4, -0.2) is 12.1 Å². The number of hydrogen-bond donors (Lipinski definition) is 1. The highest BCUT2D eigenvalue weighted by Gasteiger charge is 2.55. The maximum Gasteiger partial charge on any atom is 0.0219 e. The van der Waals surface area contributed by atoms with Crippen molar-refractivity contribution in [3.63, 3.8) is 0 Å². The summed E-state index contributed by atoms with van der Waals surface area (Å²) in [5, 5.41) is 3.52. The van der Waals surface area contributed by atoms with Crippen LogP contribution in [0.15, 0.2) is 0 Å². The van der Waals surface area contributed by atoms with Crippen LogP contribution in [0.2, 0.25) is 0 Å². The Morgan fingerprint density at radius 1 is 1.22 bits per heavy atom. The van der Waals surface area contributed by atoms with Crippen molar-refractivity contribution >= 4 is 0 Å². The van der Waals surface area contributed by atoms with E-state index in [0.717, 1.165) is 0 Å². The molecule has 0 bridgehead atoms. The minimum Gasteiger partial charge on any atom is -0.310 e. The zero-order valence-electron chi connectivity index (χ0n) is 6.33. The molecular weight excluding hydrogens is 110 g/mol. The van der Waals surface area contributed by atoms with Crippen molar-refractivity contribution in [1.29, 1.82) is 0 Å². The van der Waals surface area contributed by atoms with Gasteiger partial charge in [0, 0.05) is 12.1 Å². The molecule has 1 heterocycles. The van der Waals surface area contributed by atoms with Crippen molar-refractivity contribution in [3.8, 4) is 0 Å². The Morgan fingerprint density at radius 2 is 2.00 bits per heavy atom. The van der Waals surface area contributed by atoms with E-state index in [1.807, 2.05) is 0 Å². The fourth-order valence-corrected chi connectivity index (χ4v) is 2.28. The summed E-state index contributed by atoms with van der Waals surface area (Å²) in [7, 11) is 0. The van der Waals surface area contributed by atoms with Crippen LogP contribution in [0, 0.1) is 5.41 Å². The molecule has 2 atom stereocenters. The van der Waals surface area contributed by atoms with Crippen LogP contribution in [0.25, 0.3) is 0 Å². The van der Waals surface area contributed by atoms with Gasteiger partial charge >= 0.3 is 0 Å². The normalized spacial score (nSPS) is 56.7. The van der Waals surface area contributed by atoms with E-state index >= 15 is 0 Å². The van der Waals surface area contributed by atoms with Crippen molar-refractivity contribution in [2.24, 2.45) is 5.41 Å². The first-order chi connectivity index (χ1) is 4.16. The quantitative estimate of drug-likeness (QED) is 0.518. The second-order valence-electron chi connectivity index (χ2n) is 4.10. The Hall–Kier alpha value is -0.0400. The largest absolute Gasteiger partial charge is 0.310 e. The third kappa shape index (κ3) is 0.493. The van der Waals surface area contributed by atoms with Gasteiger partial charge in [0.2, 0.25) is 0 Å². The molecule has 1 N–H and O–H groups in total. The van der Waals surface area contributed by atoms with Crippen molar-refractivity contribution in [2.75, 3.05) is 6.54 Å². The molecule has 1 heteroatoms. The predicted molar refractivity (Wildman–Crippen MR) is 38.4 cm³/mol. The average Bonchev–Trinajstić information content (AvgIpc) is 1.98. The molecule has 0 aromatic rings. The van der Waals surface area contributed by atoms with Gasteiger partial charge in [0.25, 0.3) is 0 Å². The molecule has 0 aromatic heterocycles. The highest BCUT2D eigenvalue weighted by atomic mass is 15.1. The minimum absolute atomic E-state index is 0.521. The van der Waals surface area contributed by atoms with Gasteiger partial charge in [0.05, 0.1) is 0 Å². The SMILES string of the molecule is CC12CCCC1(C)NC2. The lowest BCUT2D eigenvalue weighted by atomic mass is 9.68. The molecule has 0 amide bonds. The summed E-state index contributed by atoms with van der Waals surface area (Å²) in [6, 6.07) is 0. The molecule has 1 saturated carbocycles. The van der Waals surface area contributed by atoms with Gasteiger partial charge in [-0.3, -0.25) is 0 Å². The summed E-state index contributed by atoms with van der Waals surface area (Å²) in [4.78, 5) is 0. The van der Waals surface area contributed by atoms with E-state index in [1.54, 1.807) is 0 Å². The Kier molecular flexibility index (Phi) is 0.852. The summed E-state index contributed by atoms with van der Waals surface area (Å²) in [5.41, 5.74) is 1.18. The lowest BCUT2D eigenvalue weighted by molar-refractivity contribution is 0.0476. The molecule has 1 aliphatic carbocycles. The third-order valence-corrected chi connectivity index (χ3v) is 3.61. The molecule has 1 nitrogen and oxygen atoms in total. The number of rotatable bonds is 0. The van der Waals surface area contributed by atoms with E-state index < -0.39 is 0 Å². The van der Waals surface area contributed by atoms with Crippen LogP contribution in [0.4, 0.5) is 0 Å². The summed E-state index contributed by atoms with van der Waals surface area (Å²) < 4.78 is 0. The smallest absolute Gasteiger partial charge is 0.0219 e. The van der Waals surface area contributed by atoms with Crippen LogP contribution >= 0.6 is 0 Å². The van der Waals surface area contributed by atoms with E-state index in [2.05, 4.69) is 19.2 Å². The van der Waals surface area contributed by atoms with Crippen molar-refractivity contribution in [2.45, 2.75) is 38.6 Å². The number of hydrogen-bond acceptors (Lipinski definition) is 1. The second kappa shape index (κ2) is 1.34. The first kappa shape index (κ1) is 5.72. The zero-order chi connectivity index (χ0) is 6.54. The number of fused-ring (bicyclic) bond motifs is 1. The van der Waals surface area contributed by atoms with Crippen LogP contribution in [-0.2, 0) is 0 Å². The van der Waals surface area contributed by atoms with Gasteiger partial charge in [0.15, 0.2) is 0 Å². The first-order valence-electron chi connectivity index (χ1n) is 3.91. The average molecular weight is 125 g/mol. The molecule has 1 saturated heterocycles. The van der Waals surface area contributed by atoms with Gasteiger partial charge < -0.3 is 5.32 Å². The predicted octanol–water partition coefficient (Wildman–Crippen LogP) is 1.54. The fraction of sp³-hybridized carbons (Fsp3) is 1.00.